The number of thioether (sulfide) groups is 1. The van der Waals surface area contributed by atoms with E-state index < -0.39 is 0 Å². The number of amides is 1. The van der Waals surface area contributed by atoms with Gasteiger partial charge in [0.1, 0.15) is 11.6 Å². The first-order valence-electron chi connectivity index (χ1n) is 9.30. The van der Waals surface area contributed by atoms with Gasteiger partial charge in [-0.25, -0.2) is 8.78 Å². The summed E-state index contributed by atoms with van der Waals surface area (Å²) in [5.41, 5.74) is 0.952. The van der Waals surface area contributed by atoms with Crippen LogP contribution in [0.25, 0.3) is 11.4 Å². The Morgan fingerprint density at radius 1 is 1.10 bits per heavy atom. The van der Waals surface area contributed by atoms with E-state index >= 15 is 0 Å². The Labute approximate surface area is 172 Å². The fourth-order valence-corrected chi connectivity index (χ4v) is 3.64. The van der Waals surface area contributed by atoms with Crippen LogP contribution in [0.2, 0.25) is 0 Å². The summed E-state index contributed by atoms with van der Waals surface area (Å²) in [5.74, 6) is 0.412. The van der Waals surface area contributed by atoms with Gasteiger partial charge in [-0.1, -0.05) is 37.7 Å². The summed E-state index contributed by atoms with van der Waals surface area (Å²) >= 11 is 1.40. The van der Waals surface area contributed by atoms with Crippen molar-refractivity contribution in [3.8, 4) is 11.4 Å². The van der Waals surface area contributed by atoms with E-state index in [1.807, 2.05) is 4.57 Å². The van der Waals surface area contributed by atoms with Gasteiger partial charge in [0.05, 0.1) is 5.56 Å². The van der Waals surface area contributed by atoms with Crippen LogP contribution in [-0.2, 0) is 11.3 Å². The van der Waals surface area contributed by atoms with Gasteiger partial charge in [-0.05, 0) is 42.3 Å². The quantitative estimate of drug-likeness (QED) is 0.525. The fraction of sp³-hybridized carbons (Fsp3) is 0.286. The second kappa shape index (κ2) is 9.65. The second-order valence-electron chi connectivity index (χ2n) is 6.94. The molecular weight excluding hydrogens is 394 g/mol. The molecule has 0 unspecified atom stereocenters. The summed E-state index contributed by atoms with van der Waals surface area (Å²) in [6.45, 7) is 4.77. The molecule has 0 radical (unpaired) electrons. The predicted molar refractivity (Wildman–Crippen MR) is 111 cm³/mol. The Balaban J connectivity index is 1.66. The molecule has 152 valence electrons. The Bertz CT molecular complexity index is 973. The van der Waals surface area contributed by atoms with Gasteiger partial charge in [0.25, 0.3) is 0 Å². The number of benzene rings is 2. The number of nitrogens with zero attached hydrogens (tertiary/aromatic N) is 3. The van der Waals surface area contributed by atoms with Crippen LogP contribution in [0.4, 0.5) is 14.5 Å². The van der Waals surface area contributed by atoms with Gasteiger partial charge in [-0.3, -0.25) is 4.79 Å². The highest BCUT2D eigenvalue weighted by Gasteiger charge is 2.18. The van der Waals surface area contributed by atoms with Crippen LogP contribution in [0.1, 0.15) is 20.3 Å². The zero-order valence-electron chi connectivity index (χ0n) is 16.2. The third kappa shape index (κ3) is 5.63. The summed E-state index contributed by atoms with van der Waals surface area (Å²) in [4.78, 5) is 12.1. The first-order valence-corrected chi connectivity index (χ1v) is 10.3. The molecule has 2 aromatic carbocycles. The van der Waals surface area contributed by atoms with Crippen molar-refractivity contribution in [3.63, 3.8) is 0 Å². The number of carbonyl (C=O) groups is 1. The third-order valence-corrected chi connectivity index (χ3v) is 5.04. The zero-order chi connectivity index (χ0) is 20.8. The van der Waals surface area contributed by atoms with Crippen molar-refractivity contribution >= 4 is 23.4 Å². The maximum atomic E-state index is 14.2. The molecule has 1 amide bonds. The number of hydrogen-bond acceptors (Lipinski definition) is 4. The molecular formula is C21H22F2N4OS. The molecule has 0 saturated carbocycles. The molecule has 0 aliphatic carbocycles. The topological polar surface area (TPSA) is 59.8 Å². The summed E-state index contributed by atoms with van der Waals surface area (Å²) in [6, 6.07) is 12.1. The number of hydrogen-bond donors (Lipinski definition) is 1. The molecule has 0 aliphatic rings. The molecule has 0 atom stereocenters. The van der Waals surface area contributed by atoms with Crippen molar-refractivity contribution in [3.05, 3.63) is 60.2 Å². The molecule has 29 heavy (non-hydrogen) atoms. The molecule has 5 nitrogen and oxygen atoms in total. The summed E-state index contributed by atoms with van der Waals surface area (Å²) in [7, 11) is 0. The summed E-state index contributed by atoms with van der Waals surface area (Å²) in [6.07, 6.45) is 0.256. The van der Waals surface area contributed by atoms with Crippen molar-refractivity contribution in [2.24, 2.45) is 5.92 Å². The highest BCUT2D eigenvalue weighted by atomic mass is 32.2. The Morgan fingerprint density at radius 3 is 2.52 bits per heavy atom. The molecule has 0 aliphatic heterocycles. The Morgan fingerprint density at radius 2 is 1.83 bits per heavy atom. The van der Waals surface area contributed by atoms with Gasteiger partial charge in [0, 0.05) is 24.4 Å². The van der Waals surface area contributed by atoms with Crippen molar-refractivity contribution in [1.29, 1.82) is 0 Å². The van der Waals surface area contributed by atoms with Crippen molar-refractivity contribution in [2.75, 3.05) is 11.1 Å². The maximum Gasteiger partial charge on any atom is 0.225 e. The van der Waals surface area contributed by atoms with Gasteiger partial charge in [0.15, 0.2) is 11.0 Å². The number of halogens is 2. The number of anilines is 1. The van der Waals surface area contributed by atoms with Crippen LogP contribution < -0.4 is 5.32 Å². The molecule has 0 bridgehead atoms. The minimum atomic E-state index is -0.353. The van der Waals surface area contributed by atoms with Gasteiger partial charge in [-0.2, -0.15) is 0 Å². The van der Waals surface area contributed by atoms with E-state index in [-0.39, 0.29) is 24.0 Å². The molecule has 3 aromatic rings. The molecule has 1 heterocycles. The number of aromatic nitrogens is 3. The summed E-state index contributed by atoms with van der Waals surface area (Å²) in [5, 5.41) is 11.8. The highest BCUT2D eigenvalue weighted by molar-refractivity contribution is 7.99. The van der Waals surface area contributed by atoms with Crippen LogP contribution in [0, 0.1) is 17.6 Å². The van der Waals surface area contributed by atoms with Crippen LogP contribution >= 0.6 is 11.8 Å². The van der Waals surface area contributed by atoms with Crippen LogP contribution in [-0.4, -0.2) is 26.4 Å². The number of nitrogens with one attached hydrogen (secondary N) is 1. The summed E-state index contributed by atoms with van der Waals surface area (Å²) < 4.78 is 29.1. The van der Waals surface area contributed by atoms with Gasteiger partial charge in [-0.15, -0.1) is 10.2 Å². The lowest BCUT2D eigenvalue weighted by Gasteiger charge is -2.13. The van der Waals surface area contributed by atoms with E-state index in [2.05, 4.69) is 29.4 Å². The van der Waals surface area contributed by atoms with Gasteiger partial charge < -0.3 is 9.88 Å². The lowest BCUT2D eigenvalue weighted by Crippen LogP contribution is -2.13. The van der Waals surface area contributed by atoms with E-state index in [0.29, 0.717) is 40.4 Å². The molecule has 0 saturated heterocycles. The first-order chi connectivity index (χ1) is 13.9. The molecule has 0 fully saturated rings. The Kier molecular flexibility index (Phi) is 6.98. The number of carbonyl (C=O) groups excluding carboxylic acids is 1. The maximum absolute atomic E-state index is 14.2. The first kappa shape index (κ1) is 21.0. The standard InChI is InChI=1S/C21H22F2N4OS/c1-14(2)13-27-20(17-5-3-4-6-18(17)23)25-26-21(27)29-12-11-19(28)24-16-9-7-15(22)8-10-16/h3-10,14H,11-13H2,1-2H3,(H,24,28). The lowest BCUT2D eigenvalue weighted by molar-refractivity contribution is -0.115. The van der Waals surface area contributed by atoms with Gasteiger partial charge >= 0.3 is 0 Å². The van der Waals surface area contributed by atoms with E-state index in [9.17, 15) is 13.6 Å². The molecule has 3 rings (SSSR count). The van der Waals surface area contributed by atoms with E-state index in [4.69, 9.17) is 0 Å². The van der Waals surface area contributed by atoms with Crippen molar-refractivity contribution in [1.82, 2.24) is 14.8 Å². The second-order valence-corrected chi connectivity index (χ2v) is 8.01. The molecule has 1 N–H and O–H groups in total. The largest absolute Gasteiger partial charge is 0.326 e. The van der Waals surface area contributed by atoms with Crippen LogP contribution in [0.3, 0.4) is 0 Å². The average Bonchev–Trinajstić information content (AvgIpc) is 3.06. The average molecular weight is 416 g/mol. The minimum absolute atomic E-state index is 0.173. The van der Waals surface area contributed by atoms with E-state index in [1.54, 1.807) is 18.2 Å². The Hall–Kier alpha value is -2.74. The minimum Gasteiger partial charge on any atom is -0.326 e. The lowest BCUT2D eigenvalue weighted by atomic mass is 10.2. The fourth-order valence-electron chi connectivity index (χ4n) is 2.76. The zero-order valence-corrected chi connectivity index (χ0v) is 17.0. The SMILES string of the molecule is CC(C)Cn1c(SCCC(=O)Nc2ccc(F)cc2)nnc1-c1ccccc1F. The van der Waals surface area contributed by atoms with Crippen molar-refractivity contribution in [2.45, 2.75) is 32.0 Å². The van der Waals surface area contributed by atoms with Crippen LogP contribution in [0.15, 0.2) is 53.7 Å². The highest BCUT2D eigenvalue weighted by Crippen LogP contribution is 2.27. The normalized spacial score (nSPS) is 11.1. The van der Waals surface area contributed by atoms with Gasteiger partial charge in [0.2, 0.25) is 5.91 Å². The monoisotopic (exact) mass is 416 g/mol. The smallest absolute Gasteiger partial charge is 0.225 e. The van der Waals surface area contributed by atoms with E-state index in [0.717, 1.165) is 0 Å². The molecule has 1 aromatic heterocycles. The predicted octanol–water partition coefficient (Wildman–Crippen LogP) is 5.00. The molecule has 8 heteroatoms. The van der Waals surface area contributed by atoms with E-state index in [1.165, 1.54) is 42.1 Å². The number of rotatable bonds is 8. The molecule has 0 spiro atoms. The van der Waals surface area contributed by atoms with Crippen molar-refractivity contribution < 1.29 is 13.6 Å². The van der Waals surface area contributed by atoms with Crippen LogP contribution in [0.5, 0.6) is 0 Å². The third-order valence-electron chi connectivity index (χ3n) is 4.07.